The summed E-state index contributed by atoms with van der Waals surface area (Å²) in [5.41, 5.74) is 0.0127. The van der Waals surface area contributed by atoms with E-state index >= 15 is 4.39 Å². The Morgan fingerprint density at radius 3 is 2.37 bits per heavy atom. The molecule has 8 rings (SSSR count). The Hall–Kier alpha value is -4.72. The zero-order valence-corrected chi connectivity index (χ0v) is 27.5. The van der Waals surface area contributed by atoms with E-state index in [4.69, 9.17) is 24.0 Å². The SMILES string of the molecule is COc1ccc(COc2c(F)cc(C(=O)NCC34CCC(c5noc(-c6ccnc(N7CCN(C)CC7)n6)n5)(CC3)CC4)c(F)c2F)cc1. The molecule has 1 amide bonds. The third-order valence-corrected chi connectivity index (χ3v) is 10.5. The number of amides is 1. The lowest BCUT2D eigenvalue weighted by Gasteiger charge is -2.52. The number of ether oxygens (including phenoxy) is 2. The van der Waals surface area contributed by atoms with Crippen LogP contribution in [0.4, 0.5) is 19.1 Å². The normalized spacial score (nSPS) is 22.3. The molecule has 14 heteroatoms. The first kappa shape index (κ1) is 32.8. The van der Waals surface area contributed by atoms with Gasteiger partial charge in [0.15, 0.2) is 23.2 Å². The fourth-order valence-corrected chi connectivity index (χ4v) is 7.15. The third-order valence-electron chi connectivity index (χ3n) is 10.5. The lowest BCUT2D eigenvalue weighted by molar-refractivity contribution is 0.0334. The molecular weight excluding hydrogens is 639 g/mol. The second kappa shape index (κ2) is 13.3. The number of piperazine rings is 1. The van der Waals surface area contributed by atoms with Crippen molar-refractivity contribution >= 4 is 11.9 Å². The van der Waals surface area contributed by atoms with Crippen molar-refractivity contribution in [1.82, 2.24) is 30.3 Å². The summed E-state index contributed by atoms with van der Waals surface area (Å²) >= 11 is 0. The van der Waals surface area contributed by atoms with Gasteiger partial charge >= 0.3 is 0 Å². The van der Waals surface area contributed by atoms with Crippen LogP contribution in [0.5, 0.6) is 11.5 Å². The number of aromatic nitrogens is 4. The highest BCUT2D eigenvalue weighted by Gasteiger charge is 2.51. The van der Waals surface area contributed by atoms with Crippen molar-refractivity contribution in [3.05, 3.63) is 77.0 Å². The summed E-state index contributed by atoms with van der Waals surface area (Å²) in [7, 11) is 3.61. The summed E-state index contributed by atoms with van der Waals surface area (Å²) in [5.74, 6) is -3.65. The van der Waals surface area contributed by atoms with Gasteiger partial charge in [0.2, 0.25) is 11.8 Å². The van der Waals surface area contributed by atoms with Gasteiger partial charge in [-0.25, -0.2) is 18.7 Å². The van der Waals surface area contributed by atoms with Gasteiger partial charge in [-0.15, -0.1) is 0 Å². The van der Waals surface area contributed by atoms with Gasteiger partial charge in [0, 0.05) is 44.3 Å². The minimum Gasteiger partial charge on any atom is -0.497 e. The van der Waals surface area contributed by atoms with Gasteiger partial charge in [-0.2, -0.15) is 9.37 Å². The molecule has 4 aromatic rings. The number of carbonyl (C=O) groups excluding carboxylic acids is 1. The van der Waals surface area contributed by atoms with Crippen LogP contribution >= 0.6 is 0 Å². The Bertz CT molecular complexity index is 1800. The van der Waals surface area contributed by atoms with Crippen molar-refractivity contribution in [3.63, 3.8) is 0 Å². The molecule has 49 heavy (non-hydrogen) atoms. The van der Waals surface area contributed by atoms with Crippen molar-refractivity contribution in [1.29, 1.82) is 0 Å². The summed E-state index contributed by atoms with van der Waals surface area (Å²) in [5, 5.41) is 7.12. The molecule has 0 spiro atoms. The first-order valence-corrected chi connectivity index (χ1v) is 16.5. The van der Waals surface area contributed by atoms with Crippen LogP contribution in [0.25, 0.3) is 11.6 Å². The van der Waals surface area contributed by atoms with Crippen LogP contribution in [0.15, 0.2) is 47.1 Å². The number of nitrogens with zero attached hydrogens (tertiary/aromatic N) is 6. The number of carbonyl (C=O) groups is 1. The molecule has 0 atom stereocenters. The van der Waals surface area contributed by atoms with Gasteiger partial charge in [-0.05, 0) is 80.8 Å². The molecule has 2 aromatic carbocycles. The smallest absolute Gasteiger partial charge is 0.276 e. The first-order chi connectivity index (χ1) is 23.7. The van der Waals surface area contributed by atoms with Gasteiger partial charge in [-0.3, -0.25) is 4.79 Å². The maximum absolute atomic E-state index is 15.0. The summed E-state index contributed by atoms with van der Waals surface area (Å²) in [4.78, 5) is 31.4. The molecule has 0 radical (unpaired) electrons. The number of hydrogen-bond donors (Lipinski definition) is 1. The van der Waals surface area contributed by atoms with Crippen molar-refractivity contribution < 1.29 is 32.0 Å². The van der Waals surface area contributed by atoms with E-state index in [1.54, 1.807) is 36.5 Å². The lowest BCUT2D eigenvalue weighted by Crippen LogP contribution is -2.49. The second-order valence-electron chi connectivity index (χ2n) is 13.4. The van der Waals surface area contributed by atoms with Gasteiger partial charge in [0.25, 0.3) is 11.8 Å². The van der Waals surface area contributed by atoms with E-state index < -0.39 is 34.7 Å². The molecule has 2 bridgehead atoms. The van der Waals surface area contributed by atoms with Crippen LogP contribution in [0.3, 0.4) is 0 Å². The molecule has 2 aromatic heterocycles. The van der Waals surface area contributed by atoms with E-state index in [9.17, 15) is 13.6 Å². The van der Waals surface area contributed by atoms with Crippen LogP contribution < -0.4 is 19.7 Å². The fraction of sp³-hybridized carbons (Fsp3) is 0.457. The van der Waals surface area contributed by atoms with E-state index in [0.29, 0.717) is 40.7 Å². The molecule has 3 saturated carbocycles. The Morgan fingerprint density at radius 2 is 1.67 bits per heavy atom. The minimum atomic E-state index is -1.55. The molecule has 1 saturated heterocycles. The first-order valence-electron chi connectivity index (χ1n) is 16.5. The number of nitrogens with one attached hydrogen (secondary N) is 1. The number of hydrogen-bond acceptors (Lipinski definition) is 10. The molecule has 3 heterocycles. The van der Waals surface area contributed by atoms with E-state index in [0.717, 1.165) is 64.7 Å². The van der Waals surface area contributed by atoms with E-state index in [2.05, 4.69) is 32.3 Å². The largest absolute Gasteiger partial charge is 0.497 e. The molecular formula is C35H38F3N7O4. The molecule has 3 aliphatic carbocycles. The number of fused-ring (bicyclic) bond motifs is 3. The highest BCUT2D eigenvalue weighted by atomic mass is 19.2. The maximum Gasteiger partial charge on any atom is 0.276 e. The predicted molar refractivity (Wildman–Crippen MR) is 173 cm³/mol. The highest BCUT2D eigenvalue weighted by molar-refractivity contribution is 5.94. The van der Waals surface area contributed by atoms with Gasteiger partial charge in [-0.1, -0.05) is 17.3 Å². The lowest BCUT2D eigenvalue weighted by atomic mass is 9.53. The Balaban J connectivity index is 0.962. The Kier molecular flexibility index (Phi) is 8.90. The number of anilines is 1. The monoisotopic (exact) mass is 677 g/mol. The maximum atomic E-state index is 15.0. The predicted octanol–water partition coefficient (Wildman–Crippen LogP) is 5.31. The molecule has 4 fully saturated rings. The van der Waals surface area contributed by atoms with E-state index in [-0.39, 0.29) is 24.0 Å². The van der Waals surface area contributed by atoms with Crippen LogP contribution in [0.1, 0.15) is 60.3 Å². The van der Waals surface area contributed by atoms with Crippen LogP contribution in [0.2, 0.25) is 0 Å². The summed E-state index contributed by atoms with van der Waals surface area (Å²) in [6.07, 6.45) is 6.41. The Morgan fingerprint density at radius 1 is 0.959 bits per heavy atom. The average molecular weight is 678 g/mol. The zero-order valence-electron chi connectivity index (χ0n) is 27.5. The minimum absolute atomic E-state index is 0.198. The zero-order chi connectivity index (χ0) is 34.2. The van der Waals surface area contributed by atoms with Gasteiger partial charge in [0.05, 0.1) is 12.7 Å². The average Bonchev–Trinajstić information content (AvgIpc) is 3.65. The molecule has 1 N–H and O–H groups in total. The third kappa shape index (κ3) is 6.53. The molecule has 4 aliphatic rings. The number of halogens is 3. The summed E-state index contributed by atoms with van der Waals surface area (Å²) in [6, 6.07) is 9.12. The summed E-state index contributed by atoms with van der Waals surface area (Å²) in [6.45, 7) is 3.63. The van der Waals surface area contributed by atoms with Gasteiger partial charge in [0.1, 0.15) is 18.1 Å². The quantitative estimate of drug-likeness (QED) is 0.222. The molecule has 1 aliphatic heterocycles. The molecule has 258 valence electrons. The number of likely N-dealkylation sites (N-methyl/N-ethyl adjacent to an activating group) is 1. The van der Waals surface area contributed by atoms with Gasteiger partial charge < -0.3 is 29.1 Å². The Labute approximate surface area is 281 Å². The van der Waals surface area contributed by atoms with Crippen molar-refractivity contribution in [3.8, 4) is 23.1 Å². The molecule has 0 unspecified atom stereocenters. The number of rotatable bonds is 10. The second-order valence-corrected chi connectivity index (χ2v) is 13.4. The number of benzene rings is 2. The topological polar surface area (TPSA) is 119 Å². The van der Waals surface area contributed by atoms with Crippen molar-refractivity contribution in [2.24, 2.45) is 5.41 Å². The van der Waals surface area contributed by atoms with Crippen LogP contribution in [-0.4, -0.2) is 77.8 Å². The number of methoxy groups -OCH3 is 1. The fourth-order valence-electron chi connectivity index (χ4n) is 7.15. The van der Waals surface area contributed by atoms with Crippen LogP contribution in [-0.2, 0) is 12.0 Å². The van der Waals surface area contributed by atoms with E-state index in [1.807, 2.05) is 0 Å². The molecule has 11 nitrogen and oxygen atoms in total. The standard InChI is InChI=1S/C35H38F3N7O4/c1-44-15-17-45(18-16-44)33-39-14-7-26(41-33)31-42-32(43-49-31)35-11-8-34(9-12-35,10-13-35)21-40-30(46)24-19-25(36)29(28(38)27(24)37)48-20-22-3-5-23(47-2)6-4-22/h3-7,14,19H,8-13,15-18,20-21H2,1-2H3,(H,40,46). The highest BCUT2D eigenvalue weighted by Crippen LogP contribution is 2.57. The van der Waals surface area contributed by atoms with Crippen molar-refractivity contribution in [2.45, 2.75) is 50.5 Å². The van der Waals surface area contributed by atoms with Crippen LogP contribution in [0, 0.1) is 22.9 Å². The van der Waals surface area contributed by atoms with E-state index in [1.165, 1.54) is 7.11 Å². The van der Waals surface area contributed by atoms with Crippen molar-refractivity contribution in [2.75, 3.05) is 51.8 Å². The summed E-state index contributed by atoms with van der Waals surface area (Å²) < 4.78 is 60.9.